The van der Waals surface area contributed by atoms with Crippen molar-refractivity contribution in [3.8, 4) is 0 Å². The third kappa shape index (κ3) is 11.0. The molecular formula is C21H38O4. The minimum atomic E-state index is -0.365. The molecule has 0 rings (SSSR count). The number of carbonyl (C=O) groups is 2. The van der Waals surface area contributed by atoms with Crippen LogP contribution in [0.25, 0.3) is 0 Å². The summed E-state index contributed by atoms with van der Waals surface area (Å²) in [4.78, 5) is 25.2. The fourth-order valence-corrected chi connectivity index (χ4v) is 2.50. The predicted molar refractivity (Wildman–Crippen MR) is 102 cm³/mol. The molecule has 0 aromatic heterocycles. The van der Waals surface area contributed by atoms with Crippen LogP contribution in [0.15, 0.2) is 11.1 Å². The van der Waals surface area contributed by atoms with Gasteiger partial charge in [-0.1, -0.05) is 60.8 Å². The van der Waals surface area contributed by atoms with E-state index < -0.39 is 0 Å². The van der Waals surface area contributed by atoms with Crippen LogP contribution in [-0.2, 0) is 19.1 Å². The van der Waals surface area contributed by atoms with Crippen molar-refractivity contribution in [2.24, 2.45) is 5.41 Å². The van der Waals surface area contributed by atoms with Gasteiger partial charge in [0.2, 0.25) is 0 Å². The minimum Gasteiger partial charge on any atom is -0.462 e. The first kappa shape index (κ1) is 23.7. The smallest absolute Gasteiger partial charge is 0.334 e. The van der Waals surface area contributed by atoms with Crippen LogP contribution < -0.4 is 0 Å². The van der Waals surface area contributed by atoms with Gasteiger partial charge in [-0.05, 0) is 37.5 Å². The zero-order valence-corrected chi connectivity index (χ0v) is 17.2. The number of rotatable bonds is 12. The number of esters is 2. The minimum absolute atomic E-state index is 0.111. The summed E-state index contributed by atoms with van der Waals surface area (Å²) in [7, 11) is 0. The van der Waals surface area contributed by atoms with E-state index in [0.29, 0.717) is 37.2 Å². The molecule has 4 nitrogen and oxygen atoms in total. The highest BCUT2D eigenvalue weighted by atomic mass is 16.5. The molecule has 0 atom stereocenters. The van der Waals surface area contributed by atoms with Crippen LogP contribution in [0.4, 0.5) is 0 Å². The number of hydrogen-bond acceptors (Lipinski definition) is 4. The first-order chi connectivity index (χ1) is 11.8. The van der Waals surface area contributed by atoms with E-state index in [1.807, 2.05) is 13.8 Å². The van der Waals surface area contributed by atoms with Crippen LogP contribution in [0.3, 0.4) is 0 Å². The number of ether oxygens (including phenoxy) is 2. The lowest BCUT2D eigenvalue weighted by Gasteiger charge is -2.22. The molecule has 0 amide bonds. The van der Waals surface area contributed by atoms with Crippen molar-refractivity contribution in [2.75, 3.05) is 13.2 Å². The van der Waals surface area contributed by atoms with E-state index in [4.69, 9.17) is 9.47 Å². The number of unbranched alkanes of at least 4 members (excludes halogenated alkanes) is 3. The molecule has 4 heteroatoms. The monoisotopic (exact) mass is 354 g/mol. The maximum absolute atomic E-state index is 12.6. The van der Waals surface area contributed by atoms with Crippen molar-refractivity contribution in [2.45, 2.75) is 92.9 Å². The van der Waals surface area contributed by atoms with Crippen molar-refractivity contribution >= 4 is 11.9 Å². The Hall–Kier alpha value is -1.32. The Bertz CT molecular complexity index is 430. The van der Waals surface area contributed by atoms with E-state index in [9.17, 15) is 9.59 Å². The van der Waals surface area contributed by atoms with Crippen LogP contribution in [0.2, 0.25) is 0 Å². The third-order valence-corrected chi connectivity index (χ3v) is 3.72. The summed E-state index contributed by atoms with van der Waals surface area (Å²) in [5.41, 5.74) is 0.902. The Morgan fingerprint density at radius 2 is 1.24 bits per heavy atom. The van der Waals surface area contributed by atoms with Crippen LogP contribution >= 0.6 is 0 Å². The number of carbonyl (C=O) groups excluding carboxylic acids is 2. The molecule has 0 N–H and O–H groups in total. The van der Waals surface area contributed by atoms with Crippen molar-refractivity contribution in [3.63, 3.8) is 0 Å². The zero-order chi connectivity index (χ0) is 19.3. The van der Waals surface area contributed by atoms with Gasteiger partial charge in [0, 0.05) is 11.1 Å². The van der Waals surface area contributed by atoms with Crippen LogP contribution in [-0.4, -0.2) is 25.2 Å². The lowest BCUT2D eigenvalue weighted by atomic mass is 9.85. The summed E-state index contributed by atoms with van der Waals surface area (Å²) >= 11 is 0. The van der Waals surface area contributed by atoms with Crippen LogP contribution in [0.1, 0.15) is 92.9 Å². The normalized spacial score (nSPS) is 12.6. The van der Waals surface area contributed by atoms with E-state index in [1.54, 1.807) is 0 Å². The fraction of sp³-hybridized carbons (Fsp3) is 0.810. The summed E-state index contributed by atoms with van der Waals surface area (Å²) in [6.07, 6.45) is 6.82. The molecule has 0 aromatic rings. The van der Waals surface area contributed by atoms with E-state index in [0.717, 1.165) is 38.5 Å². The van der Waals surface area contributed by atoms with Gasteiger partial charge >= 0.3 is 11.9 Å². The van der Waals surface area contributed by atoms with Gasteiger partial charge in [-0.15, -0.1) is 0 Å². The molecule has 0 fully saturated rings. The Morgan fingerprint density at radius 3 is 1.68 bits per heavy atom. The average molecular weight is 355 g/mol. The van der Waals surface area contributed by atoms with Gasteiger partial charge in [0.15, 0.2) is 0 Å². The van der Waals surface area contributed by atoms with Gasteiger partial charge in [0.05, 0.1) is 13.2 Å². The molecule has 0 aromatic carbocycles. The van der Waals surface area contributed by atoms with Gasteiger partial charge in [-0.2, -0.15) is 0 Å². The molecule has 0 radical (unpaired) electrons. The molecule has 0 spiro atoms. The summed E-state index contributed by atoms with van der Waals surface area (Å²) in [5, 5.41) is 0. The van der Waals surface area contributed by atoms with Crippen molar-refractivity contribution in [1.29, 1.82) is 0 Å². The van der Waals surface area contributed by atoms with Crippen LogP contribution in [0, 0.1) is 5.41 Å². The second-order valence-electron chi connectivity index (χ2n) is 7.78. The molecule has 0 saturated carbocycles. The topological polar surface area (TPSA) is 52.6 Å². The molecule has 0 heterocycles. The summed E-state index contributed by atoms with van der Waals surface area (Å²) in [6.45, 7) is 13.0. The molecule has 25 heavy (non-hydrogen) atoms. The second-order valence-corrected chi connectivity index (χ2v) is 7.78. The van der Waals surface area contributed by atoms with E-state index in [2.05, 4.69) is 27.7 Å². The summed E-state index contributed by atoms with van der Waals surface area (Å²) < 4.78 is 10.7. The maximum Gasteiger partial charge on any atom is 0.334 e. The van der Waals surface area contributed by atoms with Crippen molar-refractivity contribution in [1.82, 2.24) is 0 Å². The van der Waals surface area contributed by atoms with Crippen molar-refractivity contribution < 1.29 is 19.1 Å². The van der Waals surface area contributed by atoms with Crippen molar-refractivity contribution in [3.05, 3.63) is 11.1 Å². The van der Waals surface area contributed by atoms with Gasteiger partial charge in [0.25, 0.3) is 0 Å². The Labute approximate surface area is 154 Å². The van der Waals surface area contributed by atoms with Gasteiger partial charge in [0.1, 0.15) is 0 Å². The Morgan fingerprint density at radius 1 is 0.720 bits per heavy atom. The zero-order valence-electron chi connectivity index (χ0n) is 17.2. The molecule has 146 valence electrons. The van der Waals surface area contributed by atoms with Gasteiger partial charge in [-0.25, -0.2) is 9.59 Å². The SMILES string of the molecule is CCCCCCC(C(=O)OCCC)=C(CC(C)(C)C)C(=O)OCCC. The van der Waals surface area contributed by atoms with Gasteiger partial charge in [-0.3, -0.25) is 0 Å². The first-order valence-corrected chi connectivity index (χ1v) is 9.83. The Balaban J connectivity index is 5.56. The van der Waals surface area contributed by atoms with E-state index in [-0.39, 0.29) is 17.4 Å². The quantitative estimate of drug-likeness (QED) is 0.260. The molecular weight excluding hydrogens is 316 g/mol. The highest BCUT2D eigenvalue weighted by Crippen LogP contribution is 2.29. The molecule has 0 aliphatic carbocycles. The maximum atomic E-state index is 12.6. The second kappa shape index (κ2) is 13.0. The summed E-state index contributed by atoms with van der Waals surface area (Å²) in [5.74, 6) is -0.721. The first-order valence-electron chi connectivity index (χ1n) is 9.83. The van der Waals surface area contributed by atoms with E-state index >= 15 is 0 Å². The van der Waals surface area contributed by atoms with Gasteiger partial charge < -0.3 is 9.47 Å². The Kier molecular flexibility index (Phi) is 12.3. The molecule has 0 aliphatic rings. The molecule has 0 saturated heterocycles. The summed E-state index contributed by atoms with van der Waals surface area (Å²) in [6, 6.07) is 0. The lowest BCUT2D eigenvalue weighted by molar-refractivity contribution is -0.142. The highest BCUT2D eigenvalue weighted by molar-refractivity contribution is 6.00. The van der Waals surface area contributed by atoms with E-state index in [1.165, 1.54) is 0 Å². The third-order valence-electron chi connectivity index (χ3n) is 3.72. The lowest BCUT2D eigenvalue weighted by Crippen LogP contribution is -2.21. The fourth-order valence-electron chi connectivity index (χ4n) is 2.50. The number of hydrogen-bond donors (Lipinski definition) is 0. The van der Waals surface area contributed by atoms with Crippen LogP contribution in [0.5, 0.6) is 0 Å². The average Bonchev–Trinajstić information content (AvgIpc) is 2.55. The largest absolute Gasteiger partial charge is 0.462 e. The molecule has 0 bridgehead atoms. The highest BCUT2D eigenvalue weighted by Gasteiger charge is 2.27. The molecule has 0 aliphatic heterocycles. The predicted octanol–water partition coefficient (Wildman–Crippen LogP) is 5.60. The standard InChI is InChI=1S/C21H38O4/c1-7-10-11-12-13-17(19(22)24-14-8-2)18(16-21(4,5)6)20(23)25-15-9-3/h7-16H2,1-6H3. The molecule has 0 unspecified atom stereocenters.